The molecule has 0 bridgehead atoms. The summed E-state index contributed by atoms with van der Waals surface area (Å²) in [7, 11) is 2.01. The molecule has 0 fully saturated rings. The summed E-state index contributed by atoms with van der Waals surface area (Å²) in [5.41, 5.74) is 5.27. The summed E-state index contributed by atoms with van der Waals surface area (Å²) in [6.45, 7) is 1.49. The molecule has 98 valence electrons. The lowest BCUT2D eigenvalue weighted by Gasteiger charge is -2.19. The van der Waals surface area contributed by atoms with Crippen LogP contribution < -0.4 is 5.32 Å². The van der Waals surface area contributed by atoms with Crippen LogP contribution in [-0.2, 0) is 18.0 Å². The zero-order valence-corrected chi connectivity index (χ0v) is 13.0. The van der Waals surface area contributed by atoms with Crippen molar-refractivity contribution in [1.29, 1.82) is 0 Å². The van der Waals surface area contributed by atoms with E-state index in [-0.39, 0.29) is 6.04 Å². The Balaban J connectivity index is 2.01. The second-order valence-corrected chi connectivity index (χ2v) is 5.93. The molecular weight excluding hydrogens is 349 g/mol. The first-order chi connectivity index (χ1) is 9.29. The Bertz CT molecular complexity index is 597. The van der Waals surface area contributed by atoms with Crippen LogP contribution in [0.4, 0.5) is 0 Å². The fraction of sp³-hybridized carbons (Fsp3) is 0.250. The third-order valence-electron chi connectivity index (χ3n) is 3.58. The Hall–Kier alpha value is -0.910. The topological polar surface area (TPSA) is 21.3 Å². The zero-order chi connectivity index (χ0) is 13.2. The highest BCUT2D eigenvalue weighted by Gasteiger charge is 2.18. The van der Waals surface area contributed by atoms with Crippen molar-refractivity contribution in [3.05, 3.63) is 68.3 Å². The molecule has 0 aromatic heterocycles. The summed E-state index contributed by atoms with van der Waals surface area (Å²) in [6.07, 6.45) is 0. The molecule has 2 aromatic rings. The van der Waals surface area contributed by atoms with E-state index in [0.29, 0.717) is 0 Å². The van der Waals surface area contributed by atoms with Gasteiger partial charge in [0.2, 0.25) is 0 Å². The van der Waals surface area contributed by atoms with Gasteiger partial charge in [0.1, 0.15) is 0 Å². The quantitative estimate of drug-likeness (QED) is 0.839. The summed E-state index contributed by atoms with van der Waals surface area (Å²) >= 11 is 2.40. The van der Waals surface area contributed by atoms with Crippen LogP contribution in [-0.4, -0.2) is 7.05 Å². The van der Waals surface area contributed by atoms with E-state index < -0.39 is 0 Å². The number of rotatable bonds is 3. The molecule has 2 nitrogen and oxygen atoms in total. The van der Waals surface area contributed by atoms with Gasteiger partial charge >= 0.3 is 0 Å². The monoisotopic (exact) mass is 365 g/mol. The fourth-order valence-electron chi connectivity index (χ4n) is 2.58. The Morgan fingerprint density at radius 1 is 1.11 bits per heavy atom. The van der Waals surface area contributed by atoms with E-state index in [1.54, 1.807) is 0 Å². The molecule has 3 heteroatoms. The number of hydrogen-bond acceptors (Lipinski definition) is 2. The first-order valence-electron chi connectivity index (χ1n) is 6.40. The third kappa shape index (κ3) is 2.55. The van der Waals surface area contributed by atoms with E-state index in [2.05, 4.69) is 70.4 Å². The van der Waals surface area contributed by atoms with Gasteiger partial charge in [0, 0.05) is 3.57 Å². The van der Waals surface area contributed by atoms with Crippen LogP contribution in [0.25, 0.3) is 0 Å². The Morgan fingerprint density at radius 2 is 1.89 bits per heavy atom. The summed E-state index contributed by atoms with van der Waals surface area (Å²) in [6, 6.07) is 15.4. The van der Waals surface area contributed by atoms with Crippen LogP contribution in [0, 0.1) is 3.57 Å². The predicted octanol–water partition coefficient (Wildman–Crippen LogP) is 3.63. The highest BCUT2D eigenvalue weighted by Crippen LogP contribution is 2.29. The number of fused-ring (bicyclic) bond motifs is 1. The lowest BCUT2D eigenvalue weighted by molar-refractivity contribution is 0.134. The van der Waals surface area contributed by atoms with Crippen LogP contribution in [0.2, 0.25) is 0 Å². The molecule has 3 rings (SSSR count). The average molecular weight is 365 g/mol. The van der Waals surface area contributed by atoms with Gasteiger partial charge in [-0.05, 0) is 58.0 Å². The van der Waals surface area contributed by atoms with E-state index in [1.807, 2.05) is 7.05 Å². The molecule has 2 aromatic carbocycles. The average Bonchev–Trinajstić information content (AvgIpc) is 2.89. The summed E-state index contributed by atoms with van der Waals surface area (Å²) in [5, 5.41) is 3.42. The van der Waals surface area contributed by atoms with E-state index in [0.717, 1.165) is 13.2 Å². The van der Waals surface area contributed by atoms with Crippen LogP contribution in [0.15, 0.2) is 42.5 Å². The van der Waals surface area contributed by atoms with Gasteiger partial charge in [0.15, 0.2) is 0 Å². The first-order valence-corrected chi connectivity index (χ1v) is 7.48. The first kappa shape index (κ1) is 13.1. The molecule has 19 heavy (non-hydrogen) atoms. The highest BCUT2D eigenvalue weighted by molar-refractivity contribution is 14.1. The van der Waals surface area contributed by atoms with Gasteiger partial charge in [-0.2, -0.15) is 0 Å². The van der Waals surface area contributed by atoms with Gasteiger partial charge in [-0.15, -0.1) is 0 Å². The Labute approximate surface area is 127 Å². The number of ether oxygens (including phenoxy) is 1. The van der Waals surface area contributed by atoms with Gasteiger partial charge < -0.3 is 10.1 Å². The summed E-state index contributed by atoms with van der Waals surface area (Å²) in [5.74, 6) is 0. The molecule has 0 spiro atoms. The van der Waals surface area contributed by atoms with Crippen LogP contribution in [0.5, 0.6) is 0 Å². The maximum Gasteiger partial charge on any atom is 0.0725 e. The molecule has 0 radical (unpaired) electrons. The molecular formula is C16H16INO. The van der Waals surface area contributed by atoms with Crippen molar-refractivity contribution in [2.45, 2.75) is 19.3 Å². The maximum absolute atomic E-state index is 5.49. The van der Waals surface area contributed by atoms with Crippen LogP contribution in [0.1, 0.15) is 28.3 Å². The van der Waals surface area contributed by atoms with Crippen LogP contribution in [0.3, 0.4) is 0 Å². The standard InChI is InChI=1S/C16H16INO/c1-18-16(14-4-2-3-5-15(14)17)11-6-7-12-9-19-10-13(12)8-11/h2-8,16,18H,9-10H2,1H3. The normalized spacial score (nSPS) is 15.3. The lowest BCUT2D eigenvalue weighted by atomic mass is 9.96. The minimum atomic E-state index is 0.235. The number of nitrogens with one attached hydrogen (secondary N) is 1. The second kappa shape index (κ2) is 5.61. The van der Waals surface area contributed by atoms with Crippen molar-refractivity contribution in [2.24, 2.45) is 0 Å². The molecule has 1 heterocycles. The van der Waals surface area contributed by atoms with Crippen molar-refractivity contribution in [3.8, 4) is 0 Å². The van der Waals surface area contributed by atoms with Gasteiger partial charge in [0.05, 0.1) is 19.3 Å². The minimum absolute atomic E-state index is 0.235. The molecule has 0 amide bonds. The Kier molecular flexibility index (Phi) is 3.86. The number of halogens is 1. The van der Waals surface area contributed by atoms with E-state index in [9.17, 15) is 0 Å². The molecule has 1 aliphatic rings. The van der Waals surface area contributed by atoms with Crippen LogP contribution >= 0.6 is 22.6 Å². The predicted molar refractivity (Wildman–Crippen MR) is 85.0 cm³/mol. The Morgan fingerprint density at radius 3 is 2.68 bits per heavy atom. The number of benzene rings is 2. The largest absolute Gasteiger partial charge is 0.372 e. The van der Waals surface area contributed by atoms with Crippen molar-refractivity contribution in [3.63, 3.8) is 0 Å². The molecule has 1 unspecified atom stereocenters. The zero-order valence-electron chi connectivity index (χ0n) is 10.8. The SMILES string of the molecule is CNC(c1ccc2c(c1)COC2)c1ccccc1I. The second-order valence-electron chi connectivity index (χ2n) is 4.76. The van der Waals surface area contributed by atoms with Crippen molar-refractivity contribution in [2.75, 3.05) is 7.05 Å². The van der Waals surface area contributed by atoms with Gasteiger partial charge in [-0.1, -0.05) is 36.4 Å². The minimum Gasteiger partial charge on any atom is -0.372 e. The lowest BCUT2D eigenvalue weighted by Crippen LogP contribution is -2.18. The molecule has 0 saturated carbocycles. The highest BCUT2D eigenvalue weighted by atomic mass is 127. The van der Waals surface area contributed by atoms with Gasteiger partial charge in [0.25, 0.3) is 0 Å². The smallest absolute Gasteiger partial charge is 0.0725 e. The van der Waals surface area contributed by atoms with E-state index >= 15 is 0 Å². The molecule has 1 atom stereocenters. The molecule has 0 saturated heterocycles. The molecule has 0 aliphatic carbocycles. The summed E-state index contributed by atoms with van der Waals surface area (Å²) in [4.78, 5) is 0. The van der Waals surface area contributed by atoms with E-state index in [1.165, 1.54) is 25.8 Å². The van der Waals surface area contributed by atoms with Gasteiger partial charge in [-0.3, -0.25) is 0 Å². The third-order valence-corrected chi connectivity index (χ3v) is 4.57. The number of hydrogen-bond donors (Lipinski definition) is 1. The summed E-state index contributed by atoms with van der Waals surface area (Å²) < 4.78 is 6.78. The van der Waals surface area contributed by atoms with Crippen molar-refractivity contribution < 1.29 is 4.74 Å². The fourth-order valence-corrected chi connectivity index (χ4v) is 3.28. The van der Waals surface area contributed by atoms with Crippen molar-refractivity contribution in [1.82, 2.24) is 5.32 Å². The maximum atomic E-state index is 5.49. The van der Waals surface area contributed by atoms with E-state index in [4.69, 9.17) is 4.74 Å². The van der Waals surface area contributed by atoms with Crippen molar-refractivity contribution >= 4 is 22.6 Å². The molecule has 1 aliphatic heterocycles. The van der Waals surface area contributed by atoms with Gasteiger partial charge in [-0.25, -0.2) is 0 Å². The molecule has 1 N–H and O–H groups in total.